The van der Waals surface area contributed by atoms with Gasteiger partial charge >= 0.3 is 0 Å². The van der Waals surface area contributed by atoms with Gasteiger partial charge in [0.1, 0.15) is 0 Å². The number of hydrogen-bond acceptors (Lipinski definition) is 4. The predicted molar refractivity (Wildman–Crippen MR) is 98.6 cm³/mol. The number of rotatable bonds is 6. The highest BCUT2D eigenvalue weighted by atomic mass is 35.5. The highest BCUT2D eigenvalue weighted by Crippen LogP contribution is 2.24. The summed E-state index contributed by atoms with van der Waals surface area (Å²) in [5.74, 6) is 0.481. The summed E-state index contributed by atoms with van der Waals surface area (Å²) >= 11 is 0. The van der Waals surface area contributed by atoms with E-state index in [9.17, 15) is 13.2 Å². The topological polar surface area (TPSA) is 66.5 Å². The Bertz CT molecular complexity index is 641. The summed E-state index contributed by atoms with van der Waals surface area (Å²) in [5, 5.41) is 3.16. The molecule has 1 heterocycles. The number of carbonyl (C=O) groups is 1. The highest BCUT2D eigenvalue weighted by Gasteiger charge is 2.27. The SMILES string of the molecule is CCS(=O)(=O)c1ccccc1C(=O)N1CCC(CCNC)CC1.Cl. The van der Waals surface area contributed by atoms with Crippen molar-refractivity contribution in [3.63, 3.8) is 0 Å². The number of likely N-dealkylation sites (tertiary alicyclic amines) is 1. The molecule has 1 amide bonds. The number of piperidine rings is 1. The van der Waals surface area contributed by atoms with Gasteiger partial charge < -0.3 is 10.2 Å². The van der Waals surface area contributed by atoms with Crippen molar-refractivity contribution in [1.82, 2.24) is 10.2 Å². The first kappa shape index (κ1) is 20.9. The molecular weight excluding hydrogens is 348 g/mol. The minimum Gasteiger partial charge on any atom is -0.339 e. The molecule has 1 aromatic rings. The van der Waals surface area contributed by atoms with Crippen LogP contribution in [0.3, 0.4) is 0 Å². The minimum absolute atomic E-state index is 0. The van der Waals surface area contributed by atoms with E-state index >= 15 is 0 Å². The van der Waals surface area contributed by atoms with Crippen LogP contribution < -0.4 is 5.32 Å². The molecule has 0 unspecified atom stereocenters. The van der Waals surface area contributed by atoms with Crippen molar-refractivity contribution >= 4 is 28.2 Å². The Balaban J connectivity index is 0.00000288. The molecule has 2 rings (SSSR count). The number of halogens is 1. The van der Waals surface area contributed by atoms with Crippen molar-refractivity contribution in [2.75, 3.05) is 32.4 Å². The van der Waals surface area contributed by atoms with E-state index < -0.39 is 9.84 Å². The molecule has 0 saturated carbocycles. The molecule has 0 aromatic heterocycles. The Morgan fingerprint density at radius 2 is 1.88 bits per heavy atom. The Labute approximate surface area is 151 Å². The molecule has 0 radical (unpaired) electrons. The van der Waals surface area contributed by atoms with Gasteiger partial charge in [-0.2, -0.15) is 0 Å². The largest absolute Gasteiger partial charge is 0.339 e. The Morgan fingerprint density at radius 3 is 2.46 bits per heavy atom. The molecule has 1 aromatic carbocycles. The van der Waals surface area contributed by atoms with E-state index in [1.807, 2.05) is 7.05 Å². The van der Waals surface area contributed by atoms with E-state index in [0.29, 0.717) is 24.6 Å². The van der Waals surface area contributed by atoms with Crippen LogP contribution in [-0.2, 0) is 9.84 Å². The highest BCUT2D eigenvalue weighted by molar-refractivity contribution is 7.91. The van der Waals surface area contributed by atoms with Crippen molar-refractivity contribution in [3.8, 4) is 0 Å². The average molecular weight is 375 g/mol. The summed E-state index contributed by atoms with van der Waals surface area (Å²) in [7, 11) is -1.44. The second-order valence-electron chi connectivity index (χ2n) is 6.03. The first-order valence-electron chi connectivity index (χ1n) is 8.25. The second kappa shape index (κ2) is 9.39. The van der Waals surface area contributed by atoms with Gasteiger partial charge in [-0.3, -0.25) is 4.79 Å². The Morgan fingerprint density at radius 1 is 1.25 bits per heavy atom. The average Bonchev–Trinajstić information content (AvgIpc) is 2.59. The molecule has 1 saturated heterocycles. The van der Waals surface area contributed by atoms with Crippen LogP contribution in [0.2, 0.25) is 0 Å². The van der Waals surface area contributed by atoms with Crippen LogP contribution in [0.25, 0.3) is 0 Å². The van der Waals surface area contributed by atoms with Crippen LogP contribution in [0, 0.1) is 5.92 Å². The molecule has 1 fully saturated rings. The van der Waals surface area contributed by atoms with Crippen molar-refractivity contribution in [1.29, 1.82) is 0 Å². The number of nitrogens with one attached hydrogen (secondary N) is 1. The van der Waals surface area contributed by atoms with E-state index in [4.69, 9.17) is 0 Å². The first-order chi connectivity index (χ1) is 11.0. The number of hydrogen-bond donors (Lipinski definition) is 1. The monoisotopic (exact) mass is 374 g/mol. The summed E-state index contributed by atoms with van der Waals surface area (Å²) < 4.78 is 24.4. The third-order valence-electron chi connectivity index (χ3n) is 4.54. The smallest absolute Gasteiger partial charge is 0.255 e. The van der Waals surface area contributed by atoms with Crippen LogP contribution in [0.4, 0.5) is 0 Å². The lowest BCUT2D eigenvalue weighted by molar-refractivity contribution is 0.0683. The van der Waals surface area contributed by atoms with E-state index in [-0.39, 0.29) is 29.0 Å². The van der Waals surface area contributed by atoms with Crippen LogP contribution in [-0.4, -0.2) is 51.7 Å². The van der Waals surface area contributed by atoms with E-state index in [0.717, 1.165) is 25.8 Å². The van der Waals surface area contributed by atoms with Gasteiger partial charge in [0.25, 0.3) is 5.91 Å². The van der Waals surface area contributed by atoms with Crippen LogP contribution >= 0.6 is 12.4 Å². The lowest BCUT2D eigenvalue weighted by Crippen LogP contribution is -2.39. The number of nitrogens with zero attached hydrogens (tertiary/aromatic N) is 1. The lowest BCUT2D eigenvalue weighted by Gasteiger charge is -2.32. The summed E-state index contributed by atoms with van der Waals surface area (Å²) in [6.45, 7) is 4.00. The van der Waals surface area contributed by atoms with Crippen molar-refractivity contribution < 1.29 is 13.2 Å². The number of amides is 1. The summed E-state index contributed by atoms with van der Waals surface area (Å²) in [4.78, 5) is 14.7. The Kier molecular flexibility index (Phi) is 8.19. The van der Waals surface area contributed by atoms with Gasteiger partial charge in [-0.25, -0.2) is 8.42 Å². The number of benzene rings is 1. The van der Waals surface area contributed by atoms with Gasteiger partial charge in [0.05, 0.1) is 16.2 Å². The molecule has 0 aliphatic carbocycles. The summed E-state index contributed by atoms with van der Waals surface area (Å²) in [5.41, 5.74) is 0.308. The van der Waals surface area contributed by atoms with Gasteiger partial charge in [0, 0.05) is 13.1 Å². The van der Waals surface area contributed by atoms with E-state index in [2.05, 4.69) is 5.32 Å². The maximum absolute atomic E-state index is 12.8. The zero-order valence-corrected chi connectivity index (χ0v) is 16.0. The van der Waals surface area contributed by atoms with Gasteiger partial charge in [0.2, 0.25) is 0 Å². The Hall–Kier alpha value is -1.11. The zero-order valence-electron chi connectivity index (χ0n) is 14.3. The number of carbonyl (C=O) groups excluding carboxylic acids is 1. The molecule has 7 heteroatoms. The standard InChI is InChI=1S/C17H26N2O3S.ClH/c1-3-23(21,22)16-7-5-4-6-15(16)17(20)19-12-9-14(10-13-19)8-11-18-2;/h4-7,14,18H,3,8-13H2,1-2H3;1H. The van der Waals surface area contributed by atoms with Crippen LogP contribution in [0.1, 0.15) is 36.5 Å². The van der Waals surface area contributed by atoms with Gasteiger partial charge in [-0.05, 0) is 50.9 Å². The molecule has 0 bridgehead atoms. The fraction of sp³-hybridized carbons (Fsp3) is 0.588. The fourth-order valence-corrected chi connectivity index (χ4v) is 4.10. The quantitative estimate of drug-likeness (QED) is 0.830. The van der Waals surface area contributed by atoms with E-state index in [1.54, 1.807) is 30.0 Å². The van der Waals surface area contributed by atoms with Crippen molar-refractivity contribution in [3.05, 3.63) is 29.8 Å². The first-order valence-corrected chi connectivity index (χ1v) is 9.90. The molecule has 1 N–H and O–H groups in total. The van der Waals surface area contributed by atoms with Crippen molar-refractivity contribution in [2.45, 2.75) is 31.1 Å². The maximum atomic E-state index is 12.8. The second-order valence-corrected chi connectivity index (χ2v) is 8.27. The molecule has 1 aliphatic heterocycles. The van der Waals surface area contributed by atoms with Gasteiger partial charge in [-0.15, -0.1) is 12.4 Å². The molecule has 5 nitrogen and oxygen atoms in total. The third-order valence-corrected chi connectivity index (χ3v) is 6.32. The summed E-state index contributed by atoms with van der Waals surface area (Å²) in [6, 6.07) is 6.55. The van der Waals surface area contributed by atoms with Crippen molar-refractivity contribution in [2.24, 2.45) is 5.92 Å². The van der Waals surface area contributed by atoms with Crippen LogP contribution in [0.15, 0.2) is 29.2 Å². The molecule has 136 valence electrons. The number of sulfone groups is 1. The third kappa shape index (κ3) is 4.94. The van der Waals surface area contributed by atoms with Gasteiger partial charge in [0.15, 0.2) is 9.84 Å². The molecule has 24 heavy (non-hydrogen) atoms. The maximum Gasteiger partial charge on any atom is 0.255 e. The normalized spacial score (nSPS) is 15.8. The summed E-state index contributed by atoms with van der Waals surface area (Å²) in [6.07, 6.45) is 3.09. The fourth-order valence-electron chi connectivity index (χ4n) is 3.01. The van der Waals surface area contributed by atoms with E-state index in [1.165, 1.54) is 6.07 Å². The predicted octanol–water partition coefficient (Wildman–Crippen LogP) is 2.36. The van der Waals surface area contributed by atoms with Gasteiger partial charge in [-0.1, -0.05) is 19.1 Å². The molecule has 0 atom stereocenters. The molecule has 1 aliphatic rings. The minimum atomic E-state index is -3.39. The molecule has 0 spiro atoms. The van der Waals surface area contributed by atoms with Crippen LogP contribution in [0.5, 0.6) is 0 Å². The lowest BCUT2D eigenvalue weighted by atomic mass is 9.93. The molecular formula is C17H27ClN2O3S. The zero-order chi connectivity index (χ0) is 16.9.